The molecule has 1 fully saturated rings. The fraction of sp³-hybridized carbons (Fsp3) is 0.250. The van der Waals surface area contributed by atoms with Crippen LogP contribution in [0.3, 0.4) is 0 Å². The SMILES string of the molecule is Cc1nsc(Nc2ccc(C(=O)N3CCNCC3)nn2)c1C(=O)Nc1ccc(F)c(F)c1. The number of carbonyl (C=O) groups is 2. The molecule has 12 heteroatoms. The van der Waals surface area contributed by atoms with Crippen LogP contribution >= 0.6 is 11.5 Å². The van der Waals surface area contributed by atoms with Gasteiger partial charge in [0.25, 0.3) is 11.8 Å². The van der Waals surface area contributed by atoms with E-state index in [1.807, 2.05) is 0 Å². The zero-order chi connectivity index (χ0) is 22.7. The summed E-state index contributed by atoms with van der Waals surface area (Å²) in [5, 5.41) is 17.1. The fourth-order valence-corrected chi connectivity index (χ4v) is 3.95. The van der Waals surface area contributed by atoms with Gasteiger partial charge in [0.05, 0.1) is 11.3 Å². The number of carbonyl (C=O) groups excluding carboxylic acids is 2. The van der Waals surface area contributed by atoms with Crippen LogP contribution in [0, 0.1) is 18.6 Å². The third-order valence-corrected chi connectivity index (χ3v) is 5.65. The zero-order valence-corrected chi connectivity index (χ0v) is 17.8. The molecule has 0 radical (unpaired) electrons. The molecule has 1 aliphatic heterocycles. The van der Waals surface area contributed by atoms with Crippen molar-refractivity contribution in [2.24, 2.45) is 0 Å². The summed E-state index contributed by atoms with van der Waals surface area (Å²) in [6.07, 6.45) is 0. The van der Waals surface area contributed by atoms with Crippen molar-refractivity contribution in [2.45, 2.75) is 6.92 Å². The smallest absolute Gasteiger partial charge is 0.274 e. The van der Waals surface area contributed by atoms with Crippen molar-refractivity contribution < 1.29 is 18.4 Å². The number of piperazine rings is 1. The van der Waals surface area contributed by atoms with E-state index in [1.54, 1.807) is 24.0 Å². The summed E-state index contributed by atoms with van der Waals surface area (Å²) in [5.74, 6) is -2.47. The lowest BCUT2D eigenvalue weighted by atomic mass is 10.2. The summed E-state index contributed by atoms with van der Waals surface area (Å²) in [5.41, 5.74) is 1.04. The van der Waals surface area contributed by atoms with E-state index in [-0.39, 0.29) is 22.9 Å². The van der Waals surface area contributed by atoms with Crippen molar-refractivity contribution in [3.8, 4) is 0 Å². The van der Waals surface area contributed by atoms with E-state index in [4.69, 9.17) is 0 Å². The lowest BCUT2D eigenvalue weighted by Gasteiger charge is -2.26. The minimum absolute atomic E-state index is 0.112. The van der Waals surface area contributed by atoms with Crippen LogP contribution in [0.4, 0.5) is 25.3 Å². The molecule has 1 aromatic carbocycles. The fourth-order valence-electron chi connectivity index (χ4n) is 3.15. The van der Waals surface area contributed by atoms with Crippen LogP contribution in [-0.2, 0) is 0 Å². The Morgan fingerprint density at radius 2 is 1.88 bits per heavy atom. The predicted octanol–water partition coefficient (Wildman–Crippen LogP) is 2.56. The number of nitrogens with one attached hydrogen (secondary N) is 3. The second kappa shape index (κ2) is 9.32. The van der Waals surface area contributed by atoms with Gasteiger partial charge < -0.3 is 20.9 Å². The van der Waals surface area contributed by atoms with Crippen molar-refractivity contribution in [3.05, 3.63) is 58.9 Å². The molecule has 3 N–H and O–H groups in total. The molecule has 0 bridgehead atoms. The Balaban J connectivity index is 1.47. The maximum absolute atomic E-state index is 13.4. The largest absolute Gasteiger partial charge is 0.335 e. The molecule has 2 aromatic heterocycles. The Bertz CT molecular complexity index is 1150. The number of rotatable bonds is 5. The number of halogens is 2. The molecule has 0 aliphatic carbocycles. The Morgan fingerprint density at radius 1 is 1.09 bits per heavy atom. The van der Waals surface area contributed by atoms with Crippen LogP contribution in [0.25, 0.3) is 0 Å². The van der Waals surface area contributed by atoms with Crippen molar-refractivity contribution >= 4 is 39.9 Å². The normalized spacial score (nSPS) is 13.7. The van der Waals surface area contributed by atoms with Crippen LogP contribution in [-0.4, -0.2) is 57.5 Å². The van der Waals surface area contributed by atoms with Gasteiger partial charge in [-0.15, -0.1) is 10.2 Å². The van der Waals surface area contributed by atoms with Crippen molar-refractivity contribution in [2.75, 3.05) is 36.8 Å². The summed E-state index contributed by atoms with van der Waals surface area (Å²) in [6, 6.07) is 6.25. The second-order valence-corrected chi connectivity index (χ2v) is 7.80. The van der Waals surface area contributed by atoms with Gasteiger partial charge in [-0.25, -0.2) is 8.78 Å². The molecule has 9 nitrogen and oxygen atoms in total. The summed E-state index contributed by atoms with van der Waals surface area (Å²) in [6.45, 7) is 4.34. The molecule has 0 atom stereocenters. The summed E-state index contributed by atoms with van der Waals surface area (Å²) in [4.78, 5) is 26.9. The van der Waals surface area contributed by atoms with E-state index in [0.717, 1.165) is 36.8 Å². The molecule has 3 aromatic rings. The lowest BCUT2D eigenvalue weighted by molar-refractivity contribution is 0.0728. The number of hydrogen-bond donors (Lipinski definition) is 3. The van der Waals surface area contributed by atoms with Gasteiger partial charge in [0.15, 0.2) is 23.1 Å². The molecule has 0 unspecified atom stereocenters. The Hall–Kier alpha value is -3.51. The lowest BCUT2D eigenvalue weighted by Crippen LogP contribution is -2.46. The molecule has 32 heavy (non-hydrogen) atoms. The highest BCUT2D eigenvalue weighted by Crippen LogP contribution is 2.28. The van der Waals surface area contributed by atoms with Gasteiger partial charge in [0.2, 0.25) is 0 Å². The monoisotopic (exact) mass is 459 g/mol. The average Bonchev–Trinajstić information content (AvgIpc) is 3.17. The summed E-state index contributed by atoms with van der Waals surface area (Å²) >= 11 is 1.04. The van der Waals surface area contributed by atoms with E-state index in [0.29, 0.717) is 29.6 Å². The summed E-state index contributed by atoms with van der Waals surface area (Å²) in [7, 11) is 0. The average molecular weight is 459 g/mol. The van der Waals surface area contributed by atoms with Crippen LogP contribution in [0.1, 0.15) is 26.5 Å². The second-order valence-electron chi connectivity index (χ2n) is 7.03. The molecule has 1 aliphatic rings. The van der Waals surface area contributed by atoms with E-state index in [9.17, 15) is 18.4 Å². The van der Waals surface area contributed by atoms with Crippen LogP contribution in [0.5, 0.6) is 0 Å². The first-order valence-corrected chi connectivity index (χ1v) is 10.5. The standard InChI is InChI=1S/C20H19F2N7O2S/c1-11-17(18(30)24-12-2-3-13(21)14(22)10-12)19(32-28-11)25-16-5-4-15(26-27-16)20(31)29-8-6-23-7-9-29/h2-5,10,23H,6-9H2,1H3,(H,24,30)(H,25,27). The molecule has 0 saturated carbocycles. The third-order valence-electron chi connectivity index (χ3n) is 4.80. The molecule has 2 amide bonds. The first-order valence-electron chi connectivity index (χ1n) is 9.76. The van der Waals surface area contributed by atoms with E-state index < -0.39 is 17.5 Å². The molecule has 0 spiro atoms. The molecule has 4 rings (SSSR count). The maximum Gasteiger partial charge on any atom is 0.274 e. The Morgan fingerprint density at radius 3 is 2.56 bits per heavy atom. The third kappa shape index (κ3) is 4.70. The highest BCUT2D eigenvalue weighted by Gasteiger charge is 2.21. The van der Waals surface area contributed by atoms with Crippen LogP contribution in [0.2, 0.25) is 0 Å². The van der Waals surface area contributed by atoms with Crippen molar-refractivity contribution in [1.29, 1.82) is 0 Å². The molecule has 166 valence electrons. The highest BCUT2D eigenvalue weighted by molar-refractivity contribution is 7.10. The van der Waals surface area contributed by atoms with Gasteiger partial charge in [-0.3, -0.25) is 9.59 Å². The van der Waals surface area contributed by atoms with E-state index in [1.165, 1.54) is 6.07 Å². The van der Waals surface area contributed by atoms with Gasteiger partial charge >= 0.3 is 0 Å². The highest BCUT2D eigenvalue weighted by atomic mass is 32.1. The Kier molecular flexibility index (Phi) is 6.32. The van der Waals surface area contributed by atoms with Gasteiger partial charge in [-0.2, -0.15) is 4.37 Å². The number of nitrogens with zero attached hydrogens (tertiary/aromatic N) is 4. The Labute approximate surface area is 186 Å². The zero-order valence-electron chi connectivity index (χ0n) is 17.0. The van der Waals surface area contributed by atoms with Crippen molar-refractivity contribution in [1.82, 2.24) is 24.8 Å². The van der Waals surface area contributed by atoms with E-state index in [2.05, 4.69) is 30.5 Å². The first kappa shape index (κ1) is 21.7. The molecular formula is C20H19F2N7O2S. The van der Waals surface area contributed by atoms with Gasteiger partial charge in [0.1, 0.15) is 5.00 Å². The van der Waals surface area contributed by atoms with Gasteiger partial charge in [-0.05, 0) is 42.7 Å². The topological polar surface area (TPSA) is 112 Å². The van der Waals surface area contributed by atoms with Gasteiger partial charge in [-0.1, -0.05) is 0 Å². The van der Waals surface area contributed by atoms with E-state index >= 15 is 0 Å². The molecule has 1 saturated heterocycles. The van der Waals surface area contributed by atoms with Crippen LogP contribution < -0.4 is 16.0 Å². The van der Waals surface area contributed by atoms with Crippen LogP contribution in [0.15, 0.2) is 30.3 Å². The quantitative estimate of drug-likeness (QED) is 0.538. The number of aryl methyl sites for hydroxylation is 1. The minimum atomic E-state index is -1.06. The minimum Gasteiger partial charge on any atom is -0.335 e. The maximum atomic E-state index is 13.4. The number of benzene rings is 1. The number of anilines is 3. The molecular weight excluding hydrogens is 440 g/mol. The first-order chi connectivity index (χ1) is 15.4. The van der Waals surface area contributed by atoms with Gasteiger partial charge in [0, 0.05) is 37.9 Å². The number of aromatic nitrogens is 3. The predicted molar refractivity (Wildman–Crippen MR) is 115 cm³/mol. The molecule has 3 heterocycles. The summed E-state index contributed by atoms with van der Waals surface area (Å²) < 4.78 is 30.7. The number of hydrogen-bond acceptors (Lipinski definition) is 8. The van der Waals surface area contributed by atoms with Crippen molar-refractivity contribution in [3.63, 3.8) is 0 Å². The number of amides is 2.